The highest BCUT2D eigenvalue weighted by Crippen LogP contribution is 2.21. The molecule has 0 aliphatic carbocycles. The van der Waals surface area contributed by atoms with E-state index in [9.17, 15) is 4.79 Å². The number of carbonyl (C=O) groups is 1. The molecule has 1 aliphatic heterocycles. The van der Waals surface area contributed by atoms with Crippen LogP contribution in [0.5, 0.6) is 0 Å². The fraction of sp³-hybridized carbons (Fsp3) is 0.412. The van der Waals surface area contributed by atoms with Crippen LogP contribution in [0.1, 0.15) is 29.6 Å². The van der Waals surface area contributed by atoms with Crippen molar-refractivity contribution in [3.63, 3.8) is 0 Å². The second-order valence-electron chi connectivity index (χ2n) is 5.59. The third kappa shape index (κ3) is 4.10. The van der Waals surface area contributed by atoms with Gasteiger partial charge in [-0.15, -0.1) is 0 Å². The molecule has 23 heavy (non-hydrogen) atoms. The van der Waals surface area contributed by atoms with Gasteiger partial charge in [0.1, 0.15) is 11.9 Å². The summed E-state index contributed by atoms with van der Waals surface area (Å²) in [5.41, 5.74) is 1.92. The van der Waals surface area contributed by atoms with Gasteiger partial charge < -0.3 is 9.64 Å². The molecular weight excluding hydrogens is 292 g/mol. The smallest absolute Gasteiger partial charge is 0.223 e. The van der Waals surface area contributed by atoms with Crippen LogP contribution in [0.3, 0.4) is 0 Å². The predicted octanol–water partition coefficient (Wildman–Crippen LogP) is 1.71. The molecule has 1 aliphatic rings. The van der Waals surface area contributed by atoms with Gasteiger partial charge in [-0.05, 0) is 31.0 Å². The Bertz CT molecular complexity index is 663. The summed E-state index contributed by atoms with van der Waals surface area (Å²) in [5, 5.41) is 0. The van der Waals surface area contributed by atoms with Crippen LogP contribution in [0.15, 0.2) is 36.8 Å². The normalized spacial score (nSPS) is 18.0. The van der Waals surface area contributed by atoms with Crippen molar-refractivity contribution < 1.29 is 9.53 Å². The maximum atomic E-state index is 12.4. The minimum atomic E-state index is -0.173. The van der Waals surface area contributed by atoms with Crippen LogP contribution in [0.2, 0.25) is 0 Å². The minimum absolute atomic E-state index is 0.146. The molecule has 0 unspecified atom stereocenters. The summed E-state index contributed by atoms with van der Waals surface area (Å²) in [6, 6.07) is 5.73. The first-order valence-corrected chi connectivity index (χ1v) is 7.80. The summed E-state index contributed by atoms with van der Waals surface area (Å²) in [7, 11) is 0. The number of carbonyl (C=O) groups excluding carboxylic acids is 1. The number of aryl methyl sites for hydroxylation is 2. The Labute approximate surface area is 135 Å². The number of ether oxygens (including phenoxy) is 1. The molecular formula is C17H20N4O2. The Kier molecular flexibility index (Phi) is 4.92. The Balaban J connectivity index is 1.58. The summed E-state index contributed by atoms with van der Waals surface area (Å²) in [6.07, 6.45) is 6.29. The van der Waals surface area contributed by atoms with Crippen molar-refractivity contribution in [2.75, 3.05) is 19.7 Å². The molecule has 1 amide bonds. The molecule has 2 aromatic rings. The average Bonchev–Trinajstić information content (AvgIpc) is 2.61. The van der Waals surface area contributed by atoms with Crippen LogP contribution in [-0.2, 0) is 16.0 Å². The van der Waals surface area contributed by atoms with Crippen LogP contribution in [0.25, 0.3) is 0 Å². The van der Waals surface area contributed by atoms with Gasteiger partial charge in [0, 0.05) is 31.6 Å². The fourth-order valence-corrected chi connectivity index (χ4v) is 2.66. The minimum Gasteiger partial charge on any atom is -0.368 e. The van der Waals surface area contributed by atoms with Crippen LogP contribution in [-0.4, -0.2) is 45.5 Å². The summed E-state index contributed by atoms with van der Waals surface area (Å²) < 4.78 is 5.77. The highest BCUT2D eigenvalue weighted by molar-refractivity contribution is 5.76. The van der Waals surface area contributed by atoms with Gasteiger partial charge in [-0.1, -0.05) is 6.07 Å². The summed E-state index contributed by atoms with van der Waals surface area (Å²) in [5.74, 6) is 0.860. The fourth-order valence-electron chi connectivity index (χ4n) is 2.66. The number of rotatable bonds is 4. The number of hydrogen-bond donors (Lipinski definition) is 0. The van der Waals surface area contributed by atoms with Crippen molar-refractivity contribution in [1.82, 2.24) is 19.9 Å². The van der Waals surface area contributed by atoms with Gasteiger partial charge in [0.25, 0.3) is 0 Å². The number of nitrogens with zero attached hydrogens (tertiary/aromatic N) is 4. The molecule has 1 fully saturated rings. The molecule has 3 heterocycles. The second kappa shape index (κ2) is 7.28. The Morgan fingerprint density at radius 1 is 1.39 bits per heavy atom. The summed E-state index contributed by atoms with van der Waals surface area (Å²) >= 11 is 0. The van der Waals surface area contributed by atoms with E-state index in [1.54, 1.807) is 18.6 Å². The highest BCUT2D eigenvalue weighted by Gasteiger charge is 2.26. The van der Waals surface area contributed by atoms with Gasteiger partial charge >= 0.3 is 0 Å². The van der Waals surface area contributed by atoms with Crippen LogP contribution >= 0.6 is 0 Å². The van der Waals surface area contributed by atoms with Gasteiger partial charge in [-0.2, -0.15) is 0 Å². The molecule has 120 valence electrons. The highest BCUT2D eigenvalue weighted by atomic mass is 16.5. The molecule has 0 spiro atoms. The first-order valence-electron chi connectivity index (χ1n) is 7.80. The zero-order chi connectivity index (χ0) is 16.1. The Morgan fingerprint density at radius 3 is 3.09 bits per heavy atom. The van der Waals surface area contributed by atoms with E-state index in [2.05, 4.69) is 15.0 Å². The summed E-state index contributed by atoms with van der Waals surface area (Å²) in [6.45, 7) is 3.56. The van der Waals surface area contributed by atoms with E-state index in [4.69, 9.17) is 4.74 Å². The largest absolute Gasteiger partial charge is 0.368 e. The molecule has 0 saturated carbocycles. The Hall–Kier alpha value is -2.34. The van der Waals surface area contributed by atoms with Crippen molar-refractivity contribution in [3.8, 4) is 0 Å². The number of morpholine rings is 1. The van der Waals surface area contributed by atoms with Crippen LogP contribution in [0, 0.1) is 6.92 Å². The topological polar surface area (TPSA) is 68.2 Å². The number of hydrogen-bond acceptors (Lipinski definition) is 5. The lowest BCUT2D eigenvalue weighted by Crippen LogP contribution is -2.42. The van der Waals surface area contributed by atoms with Crippen molar-refractivity contribution in [1.29, 1.82) is 0 Å². The van der Waals surface area contributed by atoms with E-state index >= 15 is 0 Å². The Morgan fingerprint density at radius 2 is 2.30 bits per heavy atom. The van der Waals surface area contributed by atoms with Crippen molar-refractivity contribution in [2.24, 2.45) is 0 Å². The molecule has 1 saturated heterocycles. The van der Waals surface area contributed by atoms with Crippen molar-refractivity contribution >= 4 is 5.91 Å². The standard InChI is InChI=1S/C17H20N4O2/c1-13-19-8-6-15(20-13)16-12-21(9-10-23-16)17(22)5-4-14-3-2-7-18-11-14/h2-3,6-8,11,16H,4-5,9-10,12H2,1H3/t16-/m0/s1. The van der Waals surface area contributed by atoms with Gasteiger partial charge in [-0.25, -0.2) is 9.97 Å². The van der Waals surface area contributed by atoms with Crippen LogP contribution in [0.4, 0.5) is 0 Å². The van der Waals surface area contributed by atoms with Crippen molar-refractivity contribution in [3.05, 3.63) is 53.9 Å². The monoisotopic (exact) mass is 312 g/mol. The van der Waals surface area contributed by atoms with E-state index in [-0.39, 0.29) is 12.0 Å². The SMILES string of the molecule is Cc1nccc([C@@H]2CN(C(=O)CCc3cccnc3)CCO2)n1. The van der Waals surface area contributed by atoms with E-state index in [1.165, 1.54) is 0 Å². The quantitative estimate of drug-likeness (QED) is 0.860. The van der Waals surface area contributed by atoms with E-state index < -0.39 is 0 Å². The predicted molar refractivity (Wildman–Crippen MR) is 84.6 cm³/mol. The lowest BCUT2D eigenvalue weighted by atomic mass is 10.1. The zero-order valence-electron chi connectivity index (χ0n) is 13.2. The summed E-state index contributed by atoms with van der Waals surface area (Å²) in [4.78, 5) is 26.9. The molecule has 0 aromatic carbocycles. The first-order chi connectivity index (χ1) is 11.2. The lowest BCUT2D eigenvalue weighted by Gasteiger charge is -2.32. The number of pyridine rings is 1. The molecule has 0 N–H and O–H groups in total. The molecule has 6 nitrogen and oxygen atoms in total. The molecule has 3 rings (SSSR count). The molecule has 0 radical (unpaired) electrons. The lowest BCUT2D eigenvalue weighted by molar-refractivity contribution is -0.139. The van der Waals surface area contributed by atoms with Gasteiger partial charge in [-0.3, -0.25) is 9.78 Å². The zero-order valence-corrected chi connectivity index (χ0v) is 13.2. The first kappa shape index (κ1) is 15.6. The molecule has 0 bridgehead atoms. The van der Waals surface area contributed by atoms with Crippen molar-refractivity contribution in [2.45, 2.75) is 25.9 Å². The maximum Gasteiger partial charge on any atom is 0.223 e. The van der Waals surface area contributed by atoms with E-state index in [0.29, 0.717) is 38.4 Å². The average molecular weight is 312 g/mol. The van der Waals surface area contributed by atoms with E-state index in [0.717, 1.165) is 11.3 Å². The van der Waals surface area contributed by atoms with Gasteiger partial charge in [0.05, 0.1) is 18.8 Å². The van der Waals surface area contributed by atoms with Crippen LogP contribution < -0.4 is 0 Å². The molecule has 2 aromatic heterocycles. The van der Waals surface area contributed by atoms with Gasteiger partial charge in [0.2, 0.25) is 5.91 Å². The third-order valence-corrected chi connectivity index (χ3v) is 3.90. The second-order valence-corrected chi connectivity index (χ2v) is 5.59. The molecule has 6 heteroatoms. The number of amides is 1. The molecule has 1 atom stereocenters. The number of aromatic nitrogens is 3. The third-order valence-electron chi connectivity index (χ3n) is 3.90. The van der Waals surface area contributed by atoms with E-state index in [1.807, 2.05) is 30.0 Å². The maximum absolute atomic E-state index is 12.4. The van der Waals surface area contributed by atoms with Gasteiger partial charge in [0.15, 0.2) is 0 Å².